The van der Waals surface area contributed by atoms with Gasteiger partial charge in [-0.1, -0.05) is 31.2 Å². The van der Waals surface area contributed by atoms with Crippen molar-refractivity contribution in [2.75, 3.05) is 12.4 Å². The summed E-state index contributed by atoms with van der Waals surface area (Å²) < 4.78 is 7.11. The fourth-order valence-electron chi connectivity index (χ4n) is 1.91. The van der Waals surface area contributed by atoms with Crippen molar-refractivity contribution in [3.8, 4) is 5.75 Å². The number of non-ortho nitro benzene ring substituents is 1. The Kier molecular flexibility index (Phi) is 6.21. The molecule has 0 unspecified atom stereocenters. The van der Waals surface area contributed by atoms with Crippen LogP contribution in [0, 0.1) is 10.1 Å². The summed E-state index contributed by atoms with van der Waals surface area (Å²) in [6.45, 7) is 3.06. The summed E-state index contributed by atoms with van der Waals surface area (Å²) in [6.07, 6.45) is 1.91. The minimum absolute atomic E-state index is 0.00383. The van der Waals surface area contributed by atoms with Gasteiger partial charge in [-0.15, -0.1) is 5.10 Å². The van der Waals surface area contributed by atoms with Crippen LogP contribution < -0.4 is 10.4 Å². The first kappa shape index (κ1) is 17.1. The number of nitro groups is 1. The Morgan fingerprint density at radius 2 is 2.30 bits per heavy atom. The van der Waals surface area contributed by atoms with Crippen molar-refractivity contribution in [2.24, 2.45) is 0 Å². The van der Waals surface area contributed by atoms with Gasteiger partial charge in [0.25, 0.3) is 5.69 Å². The predicted octanol–water partition coefficient (Wildman–Crippen LogP) is 2.45. The van der Waals surface area contributed by atoms with Crippen LogP contribution in [0.4, 0.5) is 5.69 Å². The Balaban J connectivity index is 1.85. The molecule has 2 rings (SSSR count). The third-order valence-corrected chi connectivity index (χ3v) is 4.01. The third kappa shape index (κ3) is 4.85. The van der Waals surface area contributed by atoms with Gasteiger partial charge in [-0.2, -0.15) is 0 Å². The number of nitrogens with one attached hydrogen (secondary N) is 1. The Morgan fingerprint density at radius 3 is 3.04 bits per heavy atom. The van der Waals surface area contributed by atoms with Crippen molar-refractivity contribution in [1.29, 1.82) is 0 Å². The first-order valence-electron chi connectivity index (χ1n) is 7.27. The van der Waals surface area contributed by atoms with Crippen LogP contribution in [0.3, 0.4) is 0 Å². The molecule has 1 N–H and O–H groups in total. The number of ether oxygens (including phenoxy) is 1. The molecule has 23 heavy (non-hydrogen) atoms. The lowest BCUT2D eigenvalue weighted by atomic mass is 10.3. The Labute approximate surface area is 137 Å². The maximum Gasteiger partial charge on any atom is 0.343 e. The summed E-state index contributed by atoms with van der Waals surface area (Å²) in [4.78, 5) is 21.9. The summed E-state index contributed by atoms with van der Waals surface area (Å²) in [6, 6.07) is 6.05. The highest BCUT2D eigenvalue weighted by Crippen LogP contribution is 2.20. The quantitative estimate of drug-likeness (QED) is 0.326. The van der Waals surface area contributed by atoms with E-state index in [-0.39, 0.29) is 11.4 Å². The molecule has 0 spiro atoms. The fraction of sp³-hybridized carbons (Fsp3) is 0.429. The van der Waals surface area contributed by atoms with Crippen LogP contribution in [0.2, 0.25) is 0 Å². The molecular weight excluding hydrogens is 320 g/mol. The minimum atomic E-state index is -0.461. The van der Waals surface area contributed by atoms with E-state index in [1.165, 1.54) is 23.9 Å². The van der Waals surface area contributed by atoms with Crippen molar-refractivity contribution in [1.82, 2.24) is 14.8 Å². The molecular formula is C14H18N4O4S. The molecule has 1 aromatic heterocycles. The molecule has 0 radical (unpaired) electrons. The van der Waals surface area contributed by atoms with Gasteiger partial charge in [-0.25, -0.2) is 9.89 Å². The van der Waals surface area contributed by atoms with Crippen LogP contribution in [0.25, 0.3) is 0 Å². The molecule has 0 aliphatic carbocycles. The van der Waals surface area contributed by atoms with Gasteiger partial charge in [0.1, 0.15) is 5.75 Å². The number of unbranched alkanes of at least 4 members (excludes halogenated alkanes) is 1. The number of H-pyrrole nitrogens is 1. The Bertz CT molecular complexity index is 713. The molecule has 1 aromatic carbocycles. The number of hydrogen-bond acceptors (Lipinski definition) is 6. The number of rotatable bonds is 9. The zero-order valence-corrected chi connectivity index (χ0v) is 13.5. The molecule has 0 fully saturated rings. The normalized spacial score (nSPS) is 10.7. The molecule has 124 valence electrons. The number of hydrogen-bond donors (Lipinski definition) is 1. The third-order valence-electron chi connectivity index (χ3n) is 3.07. The predicted molar refractivity (Wildman–Crippen MR) is 87.1 cm³/mol. The summed E-state index contributed by atoms with van der Waals surface area (Å²) >= 11 is 1.41. The molecule has 0 atom stereocenters. The lowest BCUT2D eigenvalue weighted by molar-refractivity contribution is -0.384. The van der Waals surface area contributed by atoms with Crippen molar-refractivity contribution < 1.29 is 9.66 Å². The zero-order valence-electron chi connectivity index (χ0n) is 12.7. The molecule has 0 saturated carbocycles. The average molecular weight is 338 g/mol. The number of benzene rings is 1. The van der Waals surface area contributed by atoms with E-state index in [0.29, 0.717) is 29.8 Å². The number of aromatic amines is 1. The van der Waals surface area contributed by atoms with E-state index in [2.05, 4.69) is 17.1 Å². The zero-order chi connectivity index (χ0) is 16.7. The SMILES string of the molecule is CCCCn1c(SCCOc2cccc([N+](=O)[O-])c2)n[nH]c1=O. The highest BCUT2D eigenvalue weighted by atomic mass is 32.2. The molecule has 0 aliphatic rings. The summed E-state index contributed by atoms with van der Waals surface area (Å²) in [5.74, 6) is 1.03. The standard InChI is InChI=1S/C14H18N4O4S/c1-2-3-7-17-13(19)15-16-14(17)23-9-8-22-12-6-4-5-11(10-12)18(20)21/h4-6,10H,2-3,7-9H2,1H3,(H,15,19). The summed E-state index contributed by atoms with van der Waals surface area (Å²) in [7, 11) is 0. The molecule has 0 aliphatic heterocycles. The van der Waals surface area contributed by atoms with E-state index in [1.54, 1.807) is 16.7 Å². The largest absolute Gasteiger partial charge is 0.492 e. The van der Waals surface area contributed by atoms with E-state index < -0.39 is 4.92 Å². The van der Waals surface area contributed by atoms with Gasteiger partial charge in [0.15, 0.2) is 5.16 Å². The second-order valence-corrected chi connectivity index (χ2v) is 5.83. The minimum Gasteiger partial charge on any atom is -0.492 e. The van der Waals surface area contributed by atoms with Gasteiger partial charge in [0.2, 0.25) is 0 Å². The van der Waals surface area contributed by atoms with Crippen LogP contribution in [-0.2, 0) is 6.54 Å². The molecule has 2 aromatic rings. The van der Waals surface area contributed by atoms with Crippen LogP contribution in [0.5, 0.6) is 5.75 Å². The van der Waals surface area contributed by atoms with E-state index in [0.717, 1.165) is 12.8 Å². The first-order valence-corrected chi connectivity index (χ1v) is 8.25. The highest BCUT2D eigenvalue weighted by Gasteiger charge is 2.09. The lowest BCUT2D eigenvalue weighted by Gasteiger charge is -2.06. The number of nitrogens with zero attached hydrogens (tertiary/aromatic N) is 3. The Morgan fingerprint density at radius 1 is 1.48 bits per heavy atom. The van der Waals surface area contributed by atoms with Crippen molar-refractivity contribution in [2.45, 2.75) is 31.5 Å². The molecule has 0 saturated heterocycles. The van der Waals surface area contributed by atoms with E-state index in [9.17, 15) is 14.9 Å². The molecule has 9 heteroatoms. The second kappa shape index (κ2) is 8.37. The van der Waals surface area contributed by atoms with Gasteiger partial charge in [0.05, 0.1) is 17.6 Å². The first-order chi connectivity index (χ1) is 11.1. The number of nitro benzene ring substituents is 1. The second-order valence-electron chi connectivity index (χ2n) is 4.77. The lowest BCUT2D eigenvalue weighted by Crippen LogP contribution is -2.17. The van der Waals surface area contributed by atoms with Crippen molar-refractivity contribution >= 4 is 17.4 Å². The van der Waals surface area contributed by atoms with Gasteiger partial charge >= 0.3 is 5.69 Å². The monoisotopic (exact) mass is 338 g/mol. The summed E-state index contributed by atoms with van der Waals surface area (Å²) in [5, 5.41) is 17.8. The van der Waals surface area contributed by atoms with Gasteiger partial charge in [-0.3, -0.25) is 14.7 Å². The van der Waals surface area contributed by atoms with Gasteiger partial charge in [-0.05, 0) is 12.5 Å². The molecule has 0 amide bonds. The van der Waals surface area contributed by atoms with Crippen LogP contribution in [0.15, 0.2) is 34.2 Å². The number of thioether (sulfide) groups is 1. The van der Waals surface area contributed by atoms with Gasteiger partial charge < -0.3 is 4.74 Å². The molecule has 8 nitrogen and oxygen atoms in total. The Hall–Kier alpha value is -2.29. The van der Waals surface area contributed by atoms with Crippen LogP contribution in [-0.4, -0.2) is 32.0 Å². The van der Waals surface area contributed by atoms with Gasteiger partial charge in [0, 0.05) is 18.4 Å². The maximum absolute atomic E-state index is 11.6. The smallest absolute Gasteiger partial charge is 0.343 e. The fourth-order valence-corrected chi connectivity index (χ4v) is 2.70. The summed E-state index contributed by atoms with van der Waals surface area (Å²) in [5.41, 5.74) is -0.212. The van der Waals surface area contributed by atoms with E-state index in [1.807, 2.05) is 0 Å². The van der Waals surface area contributed by atoms with E-state index in [4.69, 9.17) is 4.74 Å². The van der Waals surface area contributed by atoms with Crippen LogP contribution >= 0.6 is 11.8 Å². The van der Waals surface area contributed by atoms with Crippen LogP contribution in [0.1, 0.15) is 19.8 Å². The molecule has 0 bridgehead atoms. The highest BCUT2D eigenvalue weighted by molar-refractivity contribution is 7.99. The topological polar surface area (TPSA) is 103 Å². The number of aromatic nitrogens is 3. The van der Waals surface area contributed by atoms with Crippen molar-refractivity contribution in [3.05, 3.63) is 44.9 Å². The maximum atomic E-state index is 11.6. The average Bonchev–Trinajstić information content (AvgIpc) is 2.90. The molecule has 1 heterocycles. The van der Waals surface area contributed by atoms with Crippen molar-refractivity contribution in [3.63, 3.8) is 0 Å². The van der Waals surface area contributed by atoms with E-state index >= 15 is 0 Å².